The molecule has 4 nitrogen and oxygen atoms in total. The fraction of sp³-hybridized carbons (Fsp3) is 0.977. The van der Waals surface area contributed by atoms with E-state index in [1.165, 1.54) is 186 Å². The maximum atomic E-state index is 12.9. The van der Waals surface area contributed by atoms with Crippen molar-refractivity contribution in [3.63, 3.8) is 0 Å². The van der Waals surface area contributed by atoms with Gasteiger partial charge in [0.15, 0.2) is 0 Å². The van der Waals surface area contributed by atoms with Gasteiger partial charge in [-0.15, -0.1) is 0 Å². The van der Waals surface area contributed by atoms with Crippen molar-refractivity contribution < 1.29 is 14.6 Å². The summed E-state index contributed by atoms with van der Waals surface area (Å²) in [6.45, 7) is 10.1. The van der Waals surface area contributed by atoms with E-state index < -0.39 is 0 Å². The quantitative estimate of drug-likeness (QED) is 0.0500. The molecule has 0 rings (SSSR count). The Labute approximate surface area is 302 Å². The lowest BCUT2D eigenvalue weighted by molar-refractivity contribution is -0.150. The summed E-state index contributed by atoms with van der Waals surface area (Å²) in [6, 6.07) is 0.512. The number of unbranched alkanes of at least 4 members (excludes halogenated alkanes) is 23. The van der Waals surface area contributed by atoms with Gasteiger partial charge >= 0.3 is 5.97 Å². The van der Waals surface area contributed by atoms with Crippen LogP contribution in [0.1, 0.15) is 246 Å². The van der Waals surface area contributed by atoms with Gasteiger partial charge in [-0.05, 0) is 57.3 Å². The maximum absolute atomic E-state index is 12.9. The molecule has 1 unspecified atom stereocenters. The first-order valence-corrected chi connectivity index (χ1v) is 22.2. The van der Waals surface area contributed by atoms with Crippen LogP contribution >= 0.6 is 0 Å². The van der Waals surface area contributed by atoms with Crippen molar-refractivity contribution in [2.75, 3.05) is 13.2 Å². The lowest BCUT2D eigenvalue weighted by Crippen LogP contribution is -2.38. The maximum Gasteiger partial charge on any atom is 0.306 e. The number of aliphatic hydroxyl groups is 1. The van der Waals surface area contributed by atoms with E-state index in [2.05, 4.69) is 33.0 Å². The van der Waals surface area contributed by atoms with Crippen LogP contribution in [0.3, 0.4) is 0 Å². The first-order valence-electron chi connectivity index (χ1n) is 22.2. The molecule has 48 heavy (non-hydrogen) atoms. The fourth-order valence-electron chi connectivity index (χ4n) is 7.47. The lowest BCUT2D eigenvalue weighted by atomic mass is 9.85. The number of hydrogen-bond donors (Lipinski definition) is 2. The Bertz CT molecular complexity index is 594. The Balaban J connectivity index is 4.67. The number of aliphatic hydroxyl groups excluding tert-OH is 1. The third-order valence-corrected chi connectivity index (χ3v) is 10.6. The van der Waals surface area contributed by atoms with E-state index in [0.29, 0.717) is 19.0 Å². The van der Waals surface area contributed by atoms with E-state index >= 15 is 0 Å². The molecule has 0 fully saturated rings. The van der Waals surface area contributed by atoms with Crippen LogP contribution in [-0.4, -0.2) is 36.4 Å². The molecule has 0 aromatic rings. The van der Waals surface area contributed by atoms with E-state index in [-0.39, 0.29) is 18.7 Å². The van der Waals surface area contributed by atoms with Crippen LogP contribution in [0.5, 0.6) is 0 Å². The highest BCUT2D eigenvalue weighted by Crippen LogP contribution is 2.26. The summed E-state index contributed by atoms with van der Waals surface area (Å²) < 4.78 is 6.09. The van der Waals surface area contributed by atoms with Crippen LogP contribution in [-0.2, 0) is 9.53 Å². The highest BCUT2D eigenvalue weighted by Gasteiger charge is 2.20. The van der Waals surface area contributed by atoms with Crippen LogP contribution in [0.25, 0.3) is 0 Å². The van der Waals surface area contributed by atoms with E-state index in [4.69, 9.17) is 4.74 Å². The Kier molecular flexibility index (Phi) is 38.7. The van der Waals surface area contributed by atoms with Crippen molar-refractivity contribution in [3.8, 4) is 0 Å². The summed E-state index contributed by atoms with van der Waals surface area (Å²) in [5, 5.41) is 13.4. The molecule has 0 aliphatic carbocycles. The molecule has 0 aliphatic rings. The number of nitrogens with one attached hydrogen (secondary N) is 1. The fourth-order valence-corrected chi connectivity index (χ4v) is 7.47. The Morgan fingerprint density at radius 2 is 0.833 bits per heavy atom. The first-order chi connectivity index (χ1) is 23.6. The summed E-state index contributed by atoms with van der Waals surface area (Å²) in [4.78, 5) is 12.9. The summed E-state index contributed by atoms with van der Waals surface area (Å²) >= 11 is 0. The number of ether oxygens (including phenoxy) is 1. The summed E-state index contributed by atoms with van der Waals surface area (Å²) in [6.07, 6.45) is 43.0. The van der Waals surface area contributed by atoms with Gasteiger partial charge in [-0.1, -0.05) is 188 Å². The summed E-state index contributed by atoms with van der Waals surface area (Å²) in [5.74, 6) is 0.761. The van der Waals surface area contributed by atoms with Crippen molar-refractivity contribution in [2.45, 2.75) is 258 Å². The molecule has 1 atom stereocenters. The molecular formula is C44H89NO3. The molecule has 0 spiro atoms. The van der Waals surface area contributed by atoms with E-state index in [1.807, 2.05) is 0 Å². The predicted octanol–water partition coefficient (Wildman–Crippen LogP) is 13.8. The van der Waals surface area contributed by atoms with Gasteiger partial charge in [-0.25, -0.2) is 0 Å². The predicted molar refractivity (Wildman–Crippen MR) is 212 cm³/mol. The molecule has 4 heteroatoms. The van der Waals surface area contributed by atoms with E-state index in [9.17, 15) is 9.90 Å². The lowest BCUT2D eigenvalue weighted by Gasteiger charge is -2.29. The SMILES string of the molecule is CCCCCCCCC(CCCCCCCC)OC(=O)CCCCCCC(NCCO)C(CCCCCCCC)CCCCCCCC. The van der Waals surface area contributed by atoms with Crippen molar-refractivity contribution in [1.29, 1.82) is 0 Å². The second-order valence-electron chi connectivity index (χ2n) is 15.3. The minimum atomic E-state index is 0.0393. The molecule has 0 aromatic carbocycles. The standard InChI is InChI=1S/C44H89NO3/c1-5-9-13-17-21-27-33-41(34-28-22-18-14-10-6-2)43(45-39-40-46)37-31-25-26-32-38-44(47)48-42(35-29-23-19-15-11-7-3)36-30-24-20-16-12-8-4/h41-43,45-46H,5-40H2,1-4H3. The Hall–Kier alpha value is -0.610. The monoisotopic (exact) mass is 680 g/mol. The van der Waals surface area contributed by atoms with E-state index in [1.54, 1.807) is 0 Å². The number of esters is 1. The van der Waals surface area contributed by atoms with Gasteiger partial charge in [0, 0.05) is 19.0 Å². The molecular weight excluding hydrogens is 590 g/mol. The van der Waals surface area contributed by atoms with Gasteiger partial charge in [0.25, 0.3) is 0 Å². The average molecular weight is 680 g/mol. The third kappa shape index (κ3) is 32.6. The van der Waals surface area contributed by atoms with Crippen molar-refractivity contribution >= 4 is 5.97 Å². The Morgan fingerprint density at radius 1 is 0.479 bits per heavy atom. The van der Waals surface area contributed by atoms with Crippen molar-refractivity contribution in [3.05, 3.63) is 0 Å². The van der Waals surface area contributed by atoms with Crippen LogP contribution in [0, 0.1) is 5.92 Å². The molecule has 0 saturated carbocycles. The molecule has 288 valence electrons. The van der Waals surface area contributed by atoms with Gasteiger partial charge in [0.1, 0.15) is 6.10 Å². The van der Waals surface area contributed by atoms with Gasteiger partial charge in [-0.3, -0.25) is 4.79 Å². The molecule has 2 N–H and O–H groups in total. The van der Waals surface area contributed by atoms with E-state index in [0.717, 1.165) is 31.6 Å². The molecule has 0 bridgehead atoms. The first kappa shape index (κ1) is 47.4. The molecule has 0 aromatic heterocycles. The molecule has 0 radical (unpaired) electrons. The topological polar surface area (TPSA) is 58.6 Å². The number of carbonyl (C=O) groups excluding carboxylic acids is 1. The van der Waals surface area contributed by atoms with Gasteiger partial charge < -0.3 is 15.2 Å². The number of hydrogen-bond acceptors (Lipinski definition) is 4. The summed E-state index contributed by atoms with van der Waals surface area (Å²) in [7, 11) is 0. The van der Waals surface area contributed by atoms with Gasteiger partial charge in [0.2, 0.25) is 0 Å². The van der Waals surface area contributed by atoms with Crippen molar-refractivity contribution in [2.24, 2.45) is 5.92 Å². The Morgan fingerprint density at radius 3 is 1.25 bits per heavy atom. The molecule has 0 aliphatic heterocycles. The highest BCUT2D eigenvalue weighted by atomic mass is 16.5. The normalized spacial score (nSPS) is 12.4. The molecule has 0 saturated heterocycles. The largest absolute Gasteiger partial charge is 0.462 e. The summed E-state index contributed by atoms with van der Waals surface area (Å²) in [5.41, 5.74) is 0. The van der Waals surface area contributed by atoms with Crippen LogP contribution < -0.4 is 5.32 Å². The third-order valence-electron chi connectivity index (χ3n) is 10.6. The number of rotatable bonds is 40. The van der Waals surface area contributed by atoms with Gasteiger partial charge in [-0.2, -0.15) is 0 Å². The smallest absolute Gasteiger partial charge is 0.306 e. The van der Waals surface area contributed by atoms with Crippen molar-refractivity contribution in [1.82, 2.24) is 5.32 Å². The van der Waals surface area contributed by atoms with Gasteiger partial charge in [0.05, 0.1) is 6.61 Å². The minimum absolute atomic E-state index is 0.0393. The second-order valence-corrected chi connectivity index (χ2v) is 15.3. The zero-order chi connectivity index (χ0) is 35.2. The molecule has 0 amide bonds. The second kappa shape index (κ2) is 39.2. The van der Waals surface area contributed by atoms with Crippen LogP contribution in [0.4, 0.5) is 0 Å². The molecule has 0 heterocycles. The van der Waals surface area contributed by atoms with Crippen LogP contribution in [0.15, 0.2) is 0 Å². The minimum Gasteiger partial charge on any atom is -0.462 e. The zero-order valence-corrected chi connectivity index (χ0v) is 33.5. The van der Waals surface area contributed by atoms with Crippen LogP contribution in [0.2, 0.25) is 0 Å². The number of carbonyl (C=O) groups is 1. The zero-order valence-electron chi connectivity index (χ0n) is 33.5. The average Bonchev–Trinajstić information content (AvgIpc) is 3.09. The highest BCUT2D eigenvalue weighted by molar-refractivity contribution is 5.69.